The van der Waals surface area contributed by atoms with Crippen LogP contribution in [0.1, 0.15) is 12.5 Å². The van der Waals surface area contributed by atoms with Gasteiger partial charge in [-0.2, -0.15) is 5.10 Å². The first kappa shape index (κ1) is 15.3. The van der Waals surface area contributed by atoms with E-state index in [1.807, 2.05) is 12.1 Å². The molecule has 1 aromatic heterocycles. The number of hydrogen-bond acceptors (Lipinski definition) is 6. The van der Waals surface area contributed by atoms with E-state index in [-0.39, 0.29) is 11.4 Å². The largest absolute Gasteiger partial charge is 0.494 e. The maximum atomic E-state index is 12.2. The van der Waals surface area contributed by atoms with Gasteiger partial charge in [0, 0.05) is 40.3 Å². The minimum absolute atomic E-state index is 0.0681. The highest BCUT2D eigenvalue weighted by Crippen LogP contribution is 2.11. The molecule has 1 saturated heterocycles. The highest BCUT2D eigenvalue weighted by Gasteiger charge is 2.19. The average Bonchev–Trinajstić information content (AvgIpc) is 2.46. The topological polar surface area (TPSA) is 83.1 Å². The van der Waals surface area contributed by atoms with E-state index in [9.17, 15) is 14.7 Å². The predicted molar refractivity (Wildman–Crippen MR) is 79.9 cm³/mol. The number of aromatic hydroxyl groups is 1. The van der Waals surface area contributed by atoms with Crippen molar-refractivity contribution in [1.82, 2.24) is 19.0 Å². The zero-order valence-corrected chi connectivity index (χ0v) is 12.8. The number of piperazine rings is 1. The molecule has 116 valence electrons. The van der Waals surface area contributed by atoms with Crippen molar-refractivity contribution in [2.75, 3.05) is 33.2 Å². The van der Waals surface area contributed by atoms with E-state index in [1.54, 1.807) is 6.92 Å². The monoisotopic (exact) mass is 295 g/mol. The molecule has 1 aromatic rings. The van der Waals surface area contributed by atoms with Gasteiger partial charge in [-0.05, 0) is 14.0 Å². The molecular formula is C13H21N5O3. The molecule has 0 radical (unpaired) electrons. The van der Waals surface area contributed by atoms with E-state index in [1.165, 1.54) is 14.1 Å². The molecule has 0 aliphatic carbocycles. The van der Waals surface area contributed by atoms with Crippen LogP contribution >= 0.6 is 0 Å². The number of aromatic nitrogens is 2. The van der Waals surface area contributed by atoms with Crippen LogP contribution < -0.4 is 11.2 Å². The molecule has 1 aliphatic rings. The lowest BCUT2D eigenvalue weighted by Gasteiger charge is -2.30. The molecule has 21 heavy (non-hydrogen) atoms. The Bertz CT molecular complexity index is 680. The number of hydrazone groups is 1. The van der Waals surface area contributed by atoms with Gasteiger partial charge in [-0.1, -0.05) is 0 Å². The highest BCUT2D eigenvalue weighted by atomic mass is 16.3. The molecule has 0 atom stereocenters. The fourth-order valence-corrected chi connectivity index (χ4v) is 2.31. The maximum absolute atomic E-state index is 12.2. The lowest BCUT2D eigenvalue weighted by Crippen LogP contribution is -2.43. The van der Waals surface area contributed by atoms with Gasteiger partial charge in [0.05, 0.1) is 5.71 Å². The van der Waals surface area contributed by atoms with Crippen LogP contribution in [0, 0.1) is 0 Å². The van der Waals surface area contributed by atoms with Gasteiger partial charge in [0.25, 0.3) is 5.56 Å². The Morgan fingerprint density at radius 3 is 2.19 bits per heavy atom. The third-order valence-corrected chi connectivity index (χ3v) is 3.77. The highest BCUT2D eigenvalue weighted by molar-refractivity contribution is 6.00. The van der Waals surface area contributed by atoms with Crippen LogP contribution in [0.3, 0.4) is 0 Å². The molecule has 0 bridgehead atoms. The van der Waals surface area contributed by atoms with Crippen molar-refractivity contribution < 1.29 is 5.11 Å². The fourth-order valence-electron chi connectivity index (χ4n) is 2.31. The van der Waals surface area contributed by atoms with Crippen molar-refractivity contribution in [3.05, 3.63) is 26.4 Å². The molecule has 1 N–H and O–H groups in total. The predicted octanol–water partition coefficient (Wildman–Crippen LogP) is -1.24. The molecule has 8 heteroatoms. The number of nitrogens with zero attached hydrogens (tertiary/aromatic N) is 5. The summed E-state index contributed by atoms with van der Waals surface area (Å²) in [5.41, 5.74) is -0.619. The summed E-state index contributed by atoms with van der Waals surface area (Å²) in [5.74, 6) is -0.349. The molecule has 0 amide bonds. The van der Waals surface area contributed by atoms with Crippen LogP contribution in [0.4, 0.5) is 0 Å². The van der Waals surface area contributed by atoms with E-state index in [0.29, 0.717) is 5.71 Å². The van der Waals surface area contributed by atoms with E-state index < -0.39 is 11.2 Å². The smallest absolute Gasteiger partial charge is 0.333 e. The Balaban J connectivity index is 2.42. The summed E-state index contributed by atoms with van der Waals surface area (Å²) in [7, 11) is 4.85. The van der Waals surface area contributed by atoms with Crippen LogP contribution in [-0.4, -0.2) is 63.1 Å². The van der Waals surface area contributed by atoms with Gasteiger partial charge in [0.15, 0.2) is 0 Å². The maximum Gasteiger partial charge on any atom is 0.333 e. The van der Waals surface area contributed by atoms with Crippen LogP contribution in [0.15, 0.2) is 14.7 Å². The lowest BCUT2D eigenvalue weighted by molar-refractivity contribution is 0.159. The molecule has 0 aromatic carbocycles. The summed E-state index contributed by atoms with van der Waals surface area (Å²) >= 11 is 0. The minimum Gasteiger partial charge on any atom is -0.494 e. The molecule has 1 aliphatic heterocycles. The van der Waals surface area contributed by atoms with Gasteiger partial charge in [0.2, 0.25) is 5.88 Å². The first-order valence-corrected chi connectivity index (χ1v) is 6.81. The Morgan fingerprint density at radius 1 is 1.05 bits per heavy atom. The van der Waals surface area contributed by atoms with Gasteiger partial charge in [-0.15, -0.1) is 0 Å². The second-order valence-electron chi connectivity index (χ2n) is 5.35. The Hall–Kier alpha value is -2.09. The molecule has 1 fully saturated rings. The summed E-state index contributed by atoms with van der Waals surface area (Å²) in [6.07, 6.45) is 0. The van der Waals surface area contributed by atoms with E-state index in [0.717, 1.165) is 35.3 Å². The average molecular weight is 295 g/mol. The van der Waals surface area contributed by atoms with E-state index >= 15 is 0 Å². The Labute approximate surface area is 122 Å². The fraction of sp³-hybridized carbons (Fsp3) is 0.615. The molecule has 2 rings (SSSR count). The molecule has 8 nitrogen and oxygen atoms in total. The van der Waals surface area contributed by atoms with Crippen molar-refractivity contribution in [3.63, 3.8) is 0 Å². The third kappa shape index (κ3) is 2.85. The van der Waals surface area contributed by atoms with Gasteiger partial charge in [-0.25, -0.2) is 4.79 Å². The minimum atomic E-state index is -0.561. The van der Waals surface area contributed by atoms with Crippen molar-refractivity contribution in [2.24, 2.45) is 19.2 Å². The standard InChI is InChI=1S/C13H21N5O3/c1-9(14-18-7-5-15(2)6-8-18)10-11(19)16(3)13(21)17(4)12(10)20/h19H,5-8H2,1-4H3. The van der Waals surface area contributed by atoms with Crippen LogP contribution in [-0.2, 0) is 14.1 Å². The van der Waals surface area contributed by atoms with Crippen LogP contribution in [0.5, 0.6) is 5.88 Å². The Kier molecular flexibility index (Phi) is 4.17. The van der Waals surface area contributed by atoms with Gasteiger partial charge in [-0.3, -0.25) is 18.9 Å². The third-order valence-electron chi connectivity index (χ3n) is 3.77. The molecular weight excluding hydrogens is 274 g/mol. The van der Waals surface area contributed by atoms with Crippen molar-refractivity contribution >= 4 is 5.71 Å². The van der Waals surface area contributed by atoms with Crippen LogP contribution in [0.25, 0.3) is 0 Å². The second-order valence-corrected chi connectivity index (χ2v) is 5.35. The van der Waals surface area contributed by atoms with Crippen molar-refractivity contribution in [1.29, 1.82) is 0 Å². The van der Waals surface area contributed by atoms with Crippen LogP contribution in [0.2, 0.25) is 0 Å². The summed E-state index contributed by atoms with van der Waals surface area (Å²) < 4.78 is 2.01. The Morgan fingerprint density at radius 2 is 1.62 bits per heavy atom. The zero-order chi connectivity index (χ0) is 15.7. The van der Waals surface area contributed by atoms with Gasteiger partial charge >= 0.3 is 5.69 Å². The summed E-state index contributed by atoms with van der Waals surface area (Å²) in [6.45, 7) is 4.99. The first-order chi connectivity index (χ1) is 9.82. The molecule has 0 unspecified atom stereocenters. The van der Waals surface area contributed by atoms with Crippen molar-refractivity contribution in [3.8, 4) is 5.88 Å². The molecule has 2 heterocycles. The first-order valence-electron chi connectivity index (χ1n) is 6.81. The second kappa shape index (κ2) is 5.72. The lowest BCUT2D eigenvalue weighted by atomic mass is 10.2. The normalized spacial score (nSPS) is 17.3. The van der Waals surface area contributed by atoms with E-state index in [2.05, 4.69) is 10.0 Å². The van der Waals surface area contributed by atoms with Gasteiger partial charge < -0.3 is 10.0 Å². The van der Waals surface area contributed by atoms with Gasteiger partial charge in [0.1, 0.15) is 5.56 Å². The van der Waals surface area contributed by atoms with Crippen molar-refractivity contribution in [2.45, 2.75) is 6.92 Å². The number of hydrogen-bond donors (Lipinski definition) is 1. The number of rotatable bonds is 2. The molecule has 0 spiro atoms. The quantitative estimate of drug-likeness (QED) is 0.690. The number of likely N-dealkylation sites (N-methyl/N-ethyl adjacent to an activating group) is 1. The SMILES string of the molecule is CC(=NN1CCN(C)CC1)c1c(O)n(C)c(=O)n(C)c1=O. The van der Waals surface area contributed by atoms with E-state index in [4.69, 9.17) is 0 Å². The molecule has 0 saturated carbocycles. The summed E-state index contributed by atoms with van der Waals surface area (Å²) in [4.78, 5) is 26.1. The zero-order valence-electron chi connectivity index (χ0n) is 12.8. The summed E-state index contributed by atoms with van der Waals surface area (Å²) in [5, 5.41) is 16.4. The summed E-state index contributed by atoms with van der Waals surface area (Å²) in [6, 6.07) is 0.